The fourth-order valence-corrected chi connectivity index (χ4v) is 12.0. The Hall–Kier alpha value is -1.96. The van der Waals surface area contributed by atoms with Crippen LogP contribution in [0, 0.1) is 0 Å². The molecule has 0 saturated heterocycles. The lowest BCUT2D eigenvalue weighted by atomic mass is 10.3. The lowest BCUT2D eigenvalue weighted by molar-refractivity contribution is 0.530. The zero-order valence-corrected chi connectivity index (χ0v) is 25.3. The van der Waals surface area contributed by atoms with E-state index < -0.39 is 16.6 Å². The predicted molar refractivity (Wildman–Crippen MR) is 157 cm³/mol. The summed E-state index contributed by atoms with van der Waals surface area (Å²) in [4.78, 5) is 3.90. The summed E-state index contributed by atoms with van der Waals surface area (Å²) < 4.78 is 13.5. The Labute approximate surface area is 218 Å². The standard InChI is InChI=1S/C30H43O2SSi2/c1-7-34(8-2,9-3)31-26-18-16-22-29(24-26)33(28-20-14-13-15-21-28)30-23-17-19-27(25-30)32-35(10-4,11-5)12-6/h13-25H,7-12H2,1-6H3/q+1. The van der Waals surface area contributed by atoms with Crippen molar-refractivity contribution >= 4 is 27.5 Å². The van der Waals surface area contributed by atoms with Crippen LogP contribution < -0.4 is 8.85 Å². The van der Waals surface area contributed by atoms with Gasteiger partial charge in [-0.05, 0) is 72.7 Å². The summed E-state index contributed by atoms with van der Waals surface area (Å²) in [5.41, 5.74) is 0. The van der Waals surface area contributed by atoms with Gasteiger partial charge in [-0.1, -0.05) is 71.9 Å². The Morgan fingerprint density at radius 2 is 0.857 bits per heavy atom. The average Bonchev–Trinajstić information content (AvgIpc) is 2.92. The molecule has 35 heavy (non-hydrogen) atoms. The van der Waals surface area contributed by atoms with Gasteiger partial charge in [-0.25, -0.2) is 0 Å². The van der Waals surface area contributed by atoms with Crippen molar-refractivity contribution in [1.82, 2.24) is 0 Å². The van der Waals surface area contributed by atoms with Gasteiger partial charge in [-0.3, -0.25) is 0 Å². The number of rotatable bonds is 13. The van der Waals surface area contributed by atoms with Crippen molar-refractivity contribution in [1.29, 1.82) is 0 Å². The van der Waals surface area contributed by atoms with E-state index in [2.05, 4.69) is 120 Å². The second-order valence-electron chi connectivity index (χ2n) is 9.26. The summed E-state index contributed by atoms with van der Waals surface area (Å²) >= 11 is 0. The molecule has 0 fully saturated rings. The van der Waals surface area contributed by atoms with E-state index in [1.807, 2.05) is 0 Å². The molecule has 0 aliphatic heterocycles. The van der Waals surface area contributed by atoms with Gasteiger partial charge >= 0.3 is 0 Å². The summed E-state index contributed by atoms with van der Waals surface area (Å²) in [6.45, 7) is 13.7. The van der Waals surface area contributed by atoms with Gasteiger partial charge in [0.15, 0.2) is 14.7 Å². The molecule has 0 amide bonds. The molecule has 0 spiro atoms. The van der Waals surface area contributed by atoms with E-state index in [9.17, 15) is 0 Å². The Morgan fingerprint density at radius 3 is 1.23 bits per heavy atom. The maximum atomic E-state index is 6.77. The van der Waals surface area contributed by atoms with Gasteiger partial charge in [0.05, 0.1) is 10.9 Å². The molecule has 0 heterocycles. The average molecular weight is 524 g/mol. The Balaban J connectivity index is 2.04. The normalized spacial score (nSPS) is 12.1. The molecule has 5 heteroatoms. The van der Waals surface area contributed by atoms with Crippen LogP contribution in [0.15, 0.2) is 93.5 Å². The van der Waals surface area contributed by atoms with E-state index in [0.29, 0.717) is 0 Å². The first-order chi connectivity index (χ1) is 17.0. The Kier molecular flexibility index (Phi) is 10.1. The molecule has 0 radical (unpaired) electrons. The summed E-state index contributed by atoms with van der Waals surface area (Å²) in [6, 6.07) is 35.4. The Bertz CT molecular complexity index is 967. The van der Waals surface area contributed by atoms with Crippen molar-refractivity contribution in [3.05, 3.63) is 78.9 Å². The van der Waals surface area contributed by atoms with Crippen LogP contribution in [0.5, 0.6) is 11.5 Å². The summed E-state index contributed by atoms with van der Waals surface area (Å²) in [7, 11) is -3.70. The molecular weight excluding hydrogens is 481 g/mol. The van der Waals surface area contributed by atoms with Crippen LogP contribution >= 0.6 is 0 Å². The van der Waals surface area contributed by atoms with E-state index >= 15 is 0 Å². The fraction of sp³-hybridized carbons (Fsp3) is 0.400. The number of benzene rings is 3. The molecule has 3 aromatic rings. The SMILES string of the molecule is CC[Si](CC)(CC)Oc1cccc([S+](c2ccccc2)c2cccc(O[Si](CC)(CC)CC)c2)c1. The van der Waals surface area contributed by atoms with Crippen molar-refractivity contribution in [2.24, 2.45) is 0 Å². The third kappa shape index (κ3) is 6.63. The molecule has 3 rings (SSSR count). The van der Waals surface area contributed by atoms with Gasteiger partial charge in [0.1, 0.15) is 11.5 Å². The molecule has 0 saturated carbocycles. The van der Waals surface area contributed by atoms with Crippen LogP contribution in [0.3, 0.4) is 0 Å². The molecule has 0 aliphatic rings. The van der Waals surface area contributed by atoms with E-state index in [4.69, 9.17) is 8.85 Å². The van der Waals surface area contributed by atoms with E-state index in [1.54, 1.807) is 0 Å². The van der Waals surface area contributed by atoms with Gasteiger partial charge in [0.25, 0.3) is 0 Å². The van der Waals surface area contributed by atoms with Gasteiger partial charge in [-0.2, -0.15) is 0 Å². The van der Waals surface area contributed by atoms with Crippen molar-refractivity contribution in [2.75, 3.05) is 0 Å². The minimum atomic E-state index is -1.74. The van der Waals surface area contributed by atoms with Gasteiger partial charge in [-0.15, -0.1) is 0 Å². The molecule has 0 unspecified atom stereocenters. The molecule has 2 nitrogen and oxygen atoms in total. The van der Waals surface area contributed by atoms with Crippen LogP contribution in [0.25, 0.3) is 0 Å². The maximum Gasteiger partial charge on any atom is 0.250 e. The fourth-order valence-electron chi connectivity index (χ4n) is 4.73. The second kappa shape index (κ2) is 12.8. The van der Waals surface area contributed by atoms with Crippen molar-refractivity contribution in [3.8, 4) is 11.5 Å². The molecular formula is C30H43O2SSi2+. The lowest BCUT2D eigenvalue weighted by Gasteiger charge is -2.29. The quantitative estimate of drug-likeness (QED) is 0.164. The predicted octanol–water partition coefficient (Wildman–Crippen LogP) is 9.55. The molecule has 0 N–H and O–H groups in total. The van der Waals surface area contributed by atoms with Crippen LogP contribution in [-0.4, -0.2) is 16.6 Å². The topological polar surface area (TPSA) is 18.5 Å². The number of hydrogen-bond acceptors (Lipinski definition) is 2. The van der Waals surface area contributed by atoms with Crippen LogP contribution in [0.4, 0.5) is 0 Å². The third-order valence-corrected chi connectivity index (χ3v) is 18.9. The minimum Gasteiger partial charge on any atom is -0.543 e. The molecule has 0 bridgehead atoms. The lowest BCUT2D eigenvalue weighted by Crippen LogP contribution is -2.39. The van der Waals surface area contributed by atoms with E-state index in [0.717, 1.165) is 47.8 Å². The zero-order chi connectivity index (χ0) is 25.3. The van der Waals surface area contributed by atoms with Crippen molar-refractivity contribution < 1.29 is 8.85 Å². The minimum absolute atomic E-state index is 0.233. The van der Waals surface area contributed by atoms with Crippen molar-refractivity contribution in [2.45, 2.75) is 92.5 Å². The molecule has 3 aromatic carbocycles. The molecule has 0 aromatic heterocycles. The van der Waals surface area contributed by atoms with Crippen LogP contribution in [0.2, 0.25) is 36.3 Å². The zero-order valence-electron chi connectivity index (χ0n) is 22.5. The monoisotopic (exact) mass is 523 g/mol. The number of hydrogen-bond donors (Lipinski definition) is 0. The van der Waals surface area contributed by atoms with Gasteiger partial charge in [0, 0.05) is 12.1 Å². The first-order valence-electron chi connectivity index (χ1n) is 13.3. The largest absolute Gasteiger partial charge is 0.543 e. The third-order valence-electron chi connectivity index (χ3n) is 7.60. The van der Waals surface area contributed by atoms with Crippen LogP contribution in [-0.2, 0) is 10.9 Å². The van der Waals surface area contributed by atoms with E-state index in [1.165, 1.54) is 14.7 Å². The van der Waals surface area contributed by atoms with Gasteiger partial charge < -0.3 is 8.85 Å². The first kappa shape index (κ1) is 27.6. The molecule has 188 valence electrons. The summed E-state index contributed by atoms with van der Waals surface area (Å²) in [5, 5.41) is 0. The maximum absolute atomic E-state index is 6.77. The van der Waals surface area contributed by atoms with E-state index in [-0.39, 0.29) is 10.9 Å². The highest BCUT2D eigenvalue weighted by atomic mass is 32.2. The summed E-state index contributed by atoms with van der Waals surface area (Å²) in [5.74, 6) is 2.05. The highest BCUT2D eigenvalue weighted by molar-refractivity contribution is 7.97. The van der Waals surface area contributed by atoms with Crippen LogP contribution in [0.1, 0.15) is 41.5 Å². The highest BCUT2D eigenvalue weighted by Crippen LogP contribution is 2.36. The first-order valence-corrected chi connectivity index (χ1v) is 19.6. The molecule has 0 aliphatic carbocycles. The second-order valence-corrected chi connectivity index (χ2v) is 20.7. The highest BCUT2D eigenvalue weighted by Gasteiger charge is 2.34. The van der Waals surface area contributed by atoms with Gasteiger partial charge in [0.2, 0.25) is 16.6 Å². The molecule has 0 atom stereocenters. The smallest absolute Gasteiger partial charge is 0.250 e. The summed E-state index contributed by atoms with van der Waals surface area (Å²) in [6.07, 6.45) is 0. The van der Waals surface area contributed by atoms with Crippen molar-refractivity contribution in [3.63, 3.8) is 0 Å². The Morgan fingerprint density at radius 1 is 0.486 bits per heavy atom.